The van der Waals surface area contributed by atoms with Crippen molar-refractivity contribution in [3.05, 3.63) is 38.9 Å². The molecule has 0 radical (unpaired) electrons. The summed E-state index contributed by atoms with van der Waals surface area (Å²) in [6.07, 6.45) is 0. The molecule has 1 N–H and O–H groups in total. The van der Waals surface area contributed by atoms with Gasteiger partial charge in [-0.05, 0) is 35.0 Å². The minimum Gasteiger partial charge on any atom is -0.364 e. The minimum absolute atomic E-state index is 0.716. The van der Waals surface area contributed by atoms with Crippen LogP contribution in [-0.2, 0) is 6.54 Å². The molecule has 0 saturated heterocycles. The number of nitrogens with one attached hydrogen (secondary N) is 1. The molecule has 0 aliphatic carbocycles. The molecular weight excluding hydrogens is 274 g/mol. The maximum atomic E-state index is 4.36. The SMILES string of the molecule is Cc1nc(CNc2cccc(Br)n2)cs1. The van der Waals surface area contributed by atoms with E-state index >= 15 is 0 Å². The Bertz CT molecular complexity index is 455. The van der Waals surface area contributed by atoms with Crippen LogP contribution in [0.4, 0.5) is 5.82 Å². The fourth-order valence-corrected chi connectivity index (χ4v) is 2.13. The van der Waals surface area contributed by atoms with Crippen LogP contribution in [0.25, 0.3) is 0 Å². The van der Waals surface area contributed by atoms with Gasteiger partial charge < -0.3 is 5.32 Å². The molecule has 0 aliphatic heterocycles. The number of halogens is 1. The molecule has 2 rings (SSSR count). The number of aromatic nitrogens is 2. The summed E-state index contributed by atoms with van der Waals surface area (Å²) in [5, 5.41) is 6.37. The molecule has 0 unspecified atom stereocenters. The average Bonchev–Trinajstić information content (AvgIpc) is 2.62. The number of aryl methyl sites for hydroxylation is 1. The number of pyridine rings is 1. The van der Waals surface area contributed by atoms with E-state index < -0.39 is 0 Å². The van der Waals surface area contributed by atoms with E-state index in [4.69, 9.17) is 0 Å². The van der Waals surface area contributed by atoms with Crippen molar-refractivity contribution in [1.82, 2.24) is 9.97 Å². The third kappa shape index (κ3) is 3.00. The van der Waals surface area contributed by atoms with Crippen molar-refractivity contribution in [1.29, 1.82) is 0 Å². The van der Waals surface area contributed by atoms with Crippen molar-refractivity contribution in [2.45, 2.75) is 13.5 Å². The predicted octanol–water partition coefficient (Wildman–Crippen LogP) is 3.22. The van der Waals surface area contributed by atoms with Gasteiger partial charge in [-0.1, -0.05) is 6.07 Å². The van der Waals surface area contributed by atoms with Gasteiger partial charge in [0.25, 0.3) is 0 Å². The van der Waals surface area contributed by atoms with Gasteiger partial charge in [0.1, 0.15) is 10.4 Å². The van der Waals surface area contributed by atoms with Gasteiger partial charge in [-0.15, -0.1) is 11.3 Å². The van der Waals surface area contributed by atoms with Crippen LogP contribution in [-0.4, -0.2) is 9.97 Å². The Kier molecular flexibility index (Phi) is 3.33. The first kappa shape index (κ1) is 10.6. The Hall–Kier alpha value is -0.940. The first-order chi connectivity index (χ1) is 7.24. The Morgan fingerprint density at radius 1 is 1.40 bits per heavy atom. The van der Waals surface area contributed by atoms with Gasteiger partial charge >= 0.3 is 0 Å². The van der Waals surface area contributed by atoms with Crippen LogP contribution in [0.5, 0.6) is 0 Å². The van der Waals surface area contributed by atoms with E-state index in [2.05, 4.69) is 36.6 Å². The standard InChI is InChI=1S/C10H10BrN3S/c1-7-13-8(6-15-7)5-12-10-4-2-3-9(11)14-10/h2-4,6H,5H2,1H3,(H,12,14). The second-order valence-corrected chi connectivity index (χ2v) is 4.93. The highest BCUT2D eigenvalue weighted by Gasteiger charge is 1.99. The Balaban J connectivity index is 1.99. The van der Waals surface area contributed by atoms with Crippen LogP contribution in [0.1, 0.15) is 10.7 Å². The van der Waals surface area contributed by atoms with Gasteiger partial charge in [0, 0.05) is 5.38 Å². The van der Waals surface area contributed by atoms with Crippen molar-refractivity contribution in [3.63, 3.8) is 0 Å². The van der Waals surface area contributed by atoms with Gasteiger partial charge in [-0.3, -0.25) is 0 Å². The minimum atomic E-state index is 0.716. The van der Waals surface area contributed by atoms with E-state index in [9.17, 15) is 0 Å². The summed E-state index contributed by atoms with van der Waals surface area (Å²) < 4.78 is 0.835. The van der Waals surface area contributed by atoms with E-state index in [-0.39, 0.29) is 0 Å². The zero-order valence-corrected chi connectivity index (χ0v) is 10.6. The molecule has 2 heterocycles. The fraction of sp³-hybridized carbons (Fsp3) is 0.200. The summed E-state index contributed by atoms with van der Waals surface area (Å²) in [5.74, 6) is 0.857. The maximum absolute atomic E-state index is 4.36. The summed E-state index contributed by atoms with van der Waals surface area (Å²) in [4.78, 5) is 8.64. The maximum Gasteiger partial charge on any atom is 0.127 e. The molecular formula is C10H10BrN3S. The largest absolute Gasteiger partial charge is 0.364 e. The Morgan fingerprint density at radius 3 is 2.93 bits per heavy atom. The summed E-state index contributed by atoms with van der Waals surface area (Å²) >= 11 is 4.99. The number of hydrogen-bond acceptors (Lipinski definition) is 4. The van der Waals surface area contributed by atoms with E-state index in [1.165, 1.54) is 0 Å². The van der Waals surface area contributed by atoms with Crippen molar-refractivity contribution in [3.8, 4) is 0 Å². The summed E-state index contributed by atoms with van der Waals surface area (Å²) in [6, 6.07) is 5.79. The van der Waals surface area contributed by atoms with Crippen molar-refractivity contribution >= 4 is 33.1 Å². The van der Waals surface area contributed by atoms with Gasteiger partial charge in [-0.25, -0.2) is 9.97 Å². The van der Waals surface area contributed by atoms with Gasteiger partial charge in [0.05, 0.1) is 17.2 Å². The van der Waals surface area contributed by atoms with E-state index in [0.717, 1.165) is 21.1 Å². The van der Waals surface area contributed by atoms with Gasteiger partial charge in [0.2, 0.25) is 0 Å². The quantitative estimate of drug-likeness (QED) is 0.879. The predicted molar refractivity (Wildman–Crippen MR) is 66.1 cm³/mol. The lowest BCUT2D eigenvalue weighted by molar-refractivity contribution is 1.03. The third-order valence-electron chi connectivity index (χ3n) is 1.83. The average molecular weight is 284 g/mol. The highest BCUT2D eigenvalue weighted by atomic mass is 79.9. The Morgan fingerprint density at radius 2 is 2.27 bits per heavy atom. The van der Waals surface area contributed by atoms with Crippen molar-refractivity contribution in [2.24, 2.45) is 0 Å². The molecule has 78 valence electrons. The molecule has 0 amide bonds. The highest BCUT2D eigenvalue weighted by Crippen LogP contribution is 2.12. The van der Waals surface area contributed by atoms with E-state index in [0.29, 0.717) is 6.54 Å². The van der Waals surface area contributed by atoms with Crippen molar-refractivity contribution in [2.75, 3.05) is 5.32 Å². The van der Waals surface area contributed by atoms with E-state index in [1.54, 1.807) is 11.3 Å². The monoisotopic (exact) mass is 283 g/mol. The smallest absolute Gasteiger partial charge is 0.127 e. The second-order valence-electron chi connectivity index (χ2n) is 3.06. The zero-order chi connectivity index (χ0) is 10.7. The number of rotatable bonds is 3. The summed E-state index contributed by atoms with van der Waals surface area (Å²) in [7, 11) is 0. The zero-order valence-electron chi connectivity index (χ0n) is 8.20. The van der Waals surface area contributed by atoms with Crippen LogP contribution >= 0.6 is 27.3 Å². The topological polar surface area (TPSA) is 37.8 Å². The summed E-state index contributed by atoms with van der Waals surface area (Å²) in [5.41, 5.74) is 1.05. The van der Waals surface area contributed by atoms with Crippen LogP contribution in [0, 0.1) is 6.92 Å². The molecule has 0 atom stereocenters. The number of anilines is 1. The molecule has 2 aromatic rings. The van der Waals surface area contributed by atoms with Crippen molar-refractivity contribution < 1.29 is 0 Å². The first-order valence-electron chi connectivity index (χ1n) is 4.51. The first-order valence-corrected chi connectivity index (χ1v) is 6.19. The lowest BCUT2D eigenvalue weighted by Gasteiger charge is -2.02. The molecule has 0 bridgehead atoms. The lowest BCUT2D eigenvalue weighted by Crippen LogP contribution is -2.01. The molecule has 0 aliphatic rings. The van der Waals surface area contributed by atoms with Crippen LogP contribution in [0.3, 0.4) is 0 Å². The molecule has 0 saturated carbocycles. The Labute approximate surface area is 101 Å². The molecule has 0 spiro atoms. The second kappa shape index (κ2) is 4.72. The van der Waals surface area contributed by atoms with Crippen LogP contribution in [0.15, 0.2) is 28.2 Å². The van der Waals surface area contributed by atoms with Crippen LogP contribution in [0.2, 0.25) is 0 Å². The fourth-order valence-electron chi connectivity index (χ4n) is 1.18. The molecule has 2 aromatic heterocycles. The number of thiazole rings is 1. The number of nitrogens with zero attached hydrogens (tertiary/aromatic N) is 2. The van der Waals surface area contributed by atoms with Crippen LogP contribution < -0.4 is 5.32 Å². The number of hydrogen-bond donors (Lipinski definition) is 1. The third-order valence-corrected chi connectivity index (χ3v) is 3.10. The molecule has 15 heavy (non-hydrogen) atoms. The molecule has 0 aromatic carbocycles. The highest BCUT2D eigenvalue weighted by molar-refractivity contribution is 9.10. The van der Waals surface area contributed by atoms with E-state index in [1.807, 2.05) is 25.1 Å². The molecule has 5 heteroatoms. The lowest BCUT2D eigenvalue weighted by atomic mass is 10.4. The van der Waals surface area contributed by atoms with Gasteiger partial charge in [-0.2, -0.15) is 0 Å². The molecule has 0 fully saturated rings. The normalized spacial score (nSPS) is 10.3. The summed E-state index contributed by atoms with van der Waals surface area (Å²) in [6.45, 7) is 2.72. The van der Waals surface area contributed by atoms with Gasteiger partial charge in [0.15, 0.2) is 0 Å². The molecule has 3 nitrogen and oxygen atoms in total.